The molecule has 1 atom stereocenters. The van der Waals surface area contributed by atoms with Crippen molar-refractivity contribution in [2.75, 3.05) is 5.32 Å². The summed E-state index contributed by atoms with van der Waals surface area (Å²) >= 11 is 0. The van der Waals surface area contributed by atoms with E-state index < -0.39 is 29.7 Å². The summed E-state index contributed by atoms with van der Waals surface area (Å²) in [6, 6.07) is 13.2. The molecule has 0 fully saturated rings. The molecule has 0 aromatic heterocycles. The molecule has 0 aliphatic heterocycles. The smallest absolute Gasteiger partial charge is 0.406 e. The van der Waals surface area contributed by atoms with Crippen molar-refractivity contribution >= 4 is 28.2 Å². The fourth-order valence-electron chi connectivity index (χ4n) is 4.06. The van der Waals surface area contributed by atoms with E-state index in [0.29, 0.717) is 16.7 Å². The van der Waals surface area contributed by atoms with Crippen molar-refractivity contribution in [3.05, 3.63) is 59.7 Å². The Morgan fingerprint density at radius 1 is 0.971 bits per heavy atom. The van der Waals surface area contributed by atoms with Crippen LogP contribution in [-0.2, 0) is 14.3 Å². The molecule has 0 radical (unpaired) electrons. The number of benzene rings is 3. The number of nitrogens with one attached hydrogen (secondary N) is 1. The highest BCUT2D eigenvalue weighted by Crippen LogP contribution is 2.44. The van der Waals surface area contributed by atoms with Crippen molar-refractivity contribution in [2.24, 2.45) is 0 Å². The number of ketones is 1. The number of halogens is 3. The van der Waals surface area contributed by atoms with Gasteiger partial charge < -0.3 is 14.8 Å². The number of carbonyl (C=O) groups is 2. The predicted molar refractivity (Wildman–Crippen MR) is 129 cm³/mol. The number of Topliss-reactive ketones (excluding diaryl/α,β-unsaturated/α-hetero) is 1. The van der Waals surface area contributed by atoms with E-state index in [2.05, 4.69) is 10.1 Å². The van der Waals surface area contributed by atoms with E-state index in [0.717, 1.165) is 22.4 Å². The van der Waals surface area contributed by atoms with E-state index in [9.17, 15) is 22.8 Å². The van der Waals surface area contributed by atoms with Gasteiger partial charge in [0.2, 0.25) is 5.91 Å². The first kappa shape index (κ1) is 26.2. The average Bonchev–Trinajstić information content (AvgIpc) is 2.69. The zero-order chi connectivity index (χ0) is 26.1. The Bertz CT molecular complexity index is 1280. The number of carbonyl (C=O) groups excluding carboxylic acids is 2. The summed E-state index contributed by atoms with van der Waals surface area (Å²) < 4.78 is 48.9. The maximum absolute atomic E-state index is 12.9. The van der Waals surface area contributed by atoms with Gasteiger partial charge in [0.05, 0.1) is 11.3 Å². The van der Waals surface area contributed by atoms with Gasteiger partial charge in [-0.1, -0.05) is 30.3 Å². The van der Waals surface area contributed by atoms with Crippen LogP contribution in [0, 0.1) is 6.92 Å². The van der Waals surface area contributed by atoms with Crippen LogP contribution < -0.4 is 10.1 Å². The van der Waals surface area contributed by atoms with Gasteiger partial charge in [0.25, 0.3) is 0 Å². The number of rotatable bonds is 6. The van der Waals surface area contributed by atoms with Gasteiger partial charge in [0.1, 0.15) is 11.9 Å². The highest BCUT2D eigenvalue weighted by atomic mass is 19.4. The molecular formula is C27H28F3NO4. The Balaban J connectivity index is 2.40. The maximum Gasteiger partial charge on any atom is 0.573 e. The molecule has 8 heteroatoms. The van der Waals surface area contributed by atoms with Crippen molar-refractivity contribution in [1.82, 2.24) is 0 Å². The Labute approximate surface area is 202 Å². The van der Waals surface area contributed by atoms with Crippen molar-refractivity contribution in [3.8, 4) is 16.9 Å². The summed E-state index contributed by atoms with van der Waals surface area (Å²) in [6.07, 6.45) is -5.83. The molecule has 1 N–H and O–H groups in total. The normalized spacial score (nSPS) is 12.9. The summed E-state index contributed by atoms with van der Waals surface area (Å²) in [5, 5.41) is 4.24. The zero-order valence-electron chi connectivity index (χ0n) is 20.5. The molecule has 0 saturated heterocycles. The lowest BCUT2D eigenvalue weighted by Crippen LogP contribution is -2.27. The van der Waals surface area contributed by atoms with Crippen molar-refractivity contribution in [1.29, 1.82) is 0 Å². The molecule has 3 rings (SSSR count). The number of alkyl halides is 3. The third-order valence-electron chi connectivity index (χ3n) is 5.20. The standard InChI is InChI=1S/C27H28F3NO4/c1-15-13-18-9-7-8-10-20(18)24(23(15)25(16(2)32)35-26(4,5)6)21-12-11-19(34-27(28,29)30)14-22(21)31-17(3)33/h7-14,25H,1-6H3,(H,31,33)/t25-/m1/s1. The fraction of sp³-hybridized carbons (Fsp3) is 0.333. The number of ether oxygens (including phenoxy) is 2. The Kier molecular flexibility index (Phi) is 7.26. The SMILES string of the molecule is CC(=O)Nc1cc(OC(F)(F)F)ccc1-c1c([C@H](OC(C)(C)C)C(C)=O)c(C)cc2ccccc12. The highest BCUT2D eigenvalue weighted by molar-refractivity contribution is 6.06. The van der Waals surface area contributed by atoms with E-state index in [1.165, 1.54) is 26.0 Å². The second kappa shape index (κ2) is 9.70. The summed E-state index contributed by atoms with van der Waals surface area (Å²) in [4.78, 5) is 24.8. The summed E-state index contributed by atoms with van der Waals surface area (Å²) in [5.74, 6) is -1.17. The van der Waals surface area contributed by atoms with Crippen LogP contribution in [0.25, 0.3) is 21.9 Å². The predicted octanol–water partition coefficient (Wildman–Crippen LogP) is 7.12. The minimum atomic E-state index is -4.89. The largest absolute Gasteiger partial charge is 0.573 e. The molecule has 35 heavy (non-hydrogen) atoms. The third-order valence-corrected chi connectivity index (χ3v) is 5.20. The Morgan fingerprint density at radius 2 is 1.63 bits per heavy atom. The van der Waals surface area contributed by atoms with Crippen LogP contribution in [0.15, 0.2) is 48.5 Å². The topological polar surface area (TPSA) is 64.6 Å². The lowest BCUT2D eigenvalue weighted by molar-refractivity contribution is -0.274. The maximum atomic E-state index is 12.9. The third kappa shape index (κ3) is 6.39. The van der Waals surface area contributed by atoms with E-state index >= 15 is 0 Å². The summed E-state index contributed by atoms with van der Waals surface area (Å²) in [5.41, 5.74) is 1.85. The molecule has 186 valence electrons. The first-order chi connectivity index (χ1) is 16.2. The second-order valence-electron chi connectivity index (χ2n) is 9.36. The van der Waals surface area contributed by atoms with Gasteiger partial charge in [-0.25, -0.2) is 0 Å². The number of hydrogen-bond donors (Lipinski definition) is 1. The van der Waals surface area contributed by atoms with Crippen LogP contribution in [-0.4, -0.2) is 23.7 Å². The minimum Gasteiger partial charge on any atom is -0.406 e. The molecule has 0 spiro atoms. The van der Waals surface area contributed by atoms with Gasteiger partial charge in [-0.15, -0.1) is 13.2 Å². The molecule has 5 nitrogen and oxygen atoms in total. The number of amides is 1. The first-order valence-electron chi connectivity index (χ1n) is 11.0. The van der Waals surface area contributed by atoms with Crippen LogP contribution in [0.2, 0.25) is 0 Å². The van der Waals surface area contributed by atoms with Crippen molar-refractivity contribution in [3.63, 3.8) is 0 Å². The van der Waals surface area contributed by atoms with Crippen LogP contribution in [0.1, 0.15) is 51.8 Å². The number of aryl methyl sites for hydroxylation is 1. The highest BCUT2D eigenvalue weighted by Gasteiger charge is 2.33. The van der Waals surface area contributed by atoms with Crippen molar-refractivity contribution in [2.45, 2.75) is 59.6 Å². The molecule has 0 aliphatic carbocycles. The molecule has 3 aromatic rings. The average molecular weight is 488 g/mol. The van der Waals surface area contributed by atoms with Crippen LogP contribution in [0.4, 0.5) is 18.9 Å². The molecule has 0 heterocycles. The number of fused-ring (bicyclic) bond motifs is 1. The lowest BCUT2D eigenvalue weighted by atomic mass is 9.85. The van der Waals surface area contributed by atoms with Crippen molar-refractivity contribution < 1.29 is 32.2 Å². The Hall–Kier alpha value is -3.39. The minimum absolute atomic E-state index is 0.120. The Morgan fingerprint density at radius 3 is 2.20 bits per heavy atom. The van der Waals surface area contributed by atoms with Gasteiger partial charge in [-0.2, -0.15) is 0 Å². The molecule has 0 saturated carbocycles. The van der Waals surface area contributed by atoms with E-state index in [4.69, 9.17) is 4.74 Å². The number of hydrogen-bond acceptors (Lipinski definition) is 4. The molecule has 1 amide bonds. The van der Waals surface area contributed by atoms with E-state index in [-0.39, 0.29) is 11.5 Å². The quantitative estimate of drug-likeness (QED) is 0.402. The van der Waals surface area contributed by atoms with Crippen LogP contribution in [0.5, 0.6) is 5.75 Å². The zero-order valence-corrected chi connectivity index (χ0v) is 20.5. The first-order valence-corrected chi connectivity index (χ1v) is 11.0. The lowest BCUT2D eigenvalue weighted by Gasteiger charge is -2.30. The van der Waals surface area contributed by atoms with Gasteiger partial charge in [-0.05, 0) is 74.2 Å². The van der Waals surface area contributed by atoms with Gasteiger partial charge in [-0.3, -0.25) is 9.59 Å². The van der Waals surface area contributed by atoms with Gasteiger partial charge >= 0.3 is 6.36 Å². The molecule has 3 aromatic carbocycles. The summed E-state index contributed by atoms with van der Waals surface area (Å²) in [7, 11) is 0. The van der Waals surface area contributed by atoms with Gasteiger partial charge in [0, 0.05) is 18.6 Å². The van der Waals surface area contributed by atoms with E-state index in [1.807, 2.05) is 58.0 Å². The monoisotopic (exact) mass is 487 g/mol. The number of anilines is 1. The summed E-state index contributed by atoms with van der Waals surface area (Å²) in [6.45, 7) is 10.1. The molecular weight excluding hydrogens is 459 g/mol. The fourth-order valence-corrected chi connectivity index (χ4v) is 4.06. The molecule has 0 aliphatic rings. The second-order valence-corrected chi connectivity index (χ2v) is 9.36. The van der Waals surface area contributed by atoms with E-state index in [1.54, 1.807) is 0 Å². The van der Waals surface area contributed by atoms with Crippen LogP contribution in [0.3, 0.4) is 0 Å². The molecule has 0 bridgehead atoms. The van der Waals surface area contributed by atoms with Crippen LogP contribution >= 0.6 is 0 Å². The van der Waals surface area contributed by atoms with Gasteiger partial charge in [0.15, 0.2) is 5.78 Å². The molecule has 0 unspecified atom stereocenters.